The summed E-state index contributed by atoms with van der Waals surface area (Å²) in [4.78, 5) is 6.81. The minimum atomic E-state index is 0.303. The molecule has 0 aliphatic carbocycles. The molecule has 2 atom stereocenters. The van der Waals surface area contributed by atoms with E-state index >= 15 is 0 Å². The van der Waals surface area contributed by atoms with Gasteiger partial charge in [-0.2, -0.15) is 0 Å². The van der Waals surface area contributed by atoms with E-state index in [2.05, 4.69) is 49.0 Å². The highest BCUT2D eigenvalue weighted by Gasteiger charge is 2.30. The first-order chi connectivity index (χ1) is 8.97. The molecule has 1 N–H and O–H groups in total. The zero-order chi connectivity index (χ0) is 13.9. The highest BCUT2D eigenvalue weighted by Crippen LogP contribution is 2.24. The Kier molecular flexibility index (Phi) is 4.58. The van der Waals surface area contributed by atoms with E-state index in [1.165, 1.54) is 12.0 Å². The van der Waals surface area contributed by atoms with Crippen LogP contribution in [0, 0.1) is 5.41 Å². The van der Waals surface area contributed by atoms with Gasteiger partial charge >= 0.3 is 0 Å². The van der Waals surface area contributed by atoms with Crippen molar-refractivity contribution in [3.05, 3.63) is 30.1 Å². The molecule has 106 valence electrons. The highest BCUT2D eigenvalue weighted by molar-refractivity contribution is 5.08. The molecule has 0 bridgehead atoms. The van der Waals surface area contributed by atoms with Crippen LogP contribution in [0.1, 0.15) is 39.7 Å². The van der Waals surface area contributed by atoms with E-state index in [0.717, 1.165) is 19.6 Å². The second-order valence-corrected chi connectivity index (χ2v) is 6.80. The molecule has 2 unspecified atom stereocenters. The van der Waals surface area contributed by atoms with Crippen LogP contribution in [0.2, 0.25) is 0 Å². The average Bonchev–Trinajstić information content (AvgIpc) is 2.53. The average molecular weight is 261 g/mol. The van der Waals surface area contributed by atoms with E-state index in [9.17, 15) is 0 Å². The summed E-state index contributed by atoms with van der Waals surface area (Å²) >= 11 is 0. The normalized spacial score (nSPS) is 26.1. The van der Waals surface area contributed by atoms with Gasteiger partial charge in [0.05, 0.1) is 0 Å². The molecule has 1 aliphatic rings. The molecule has 0 saturated carbocycles. The van der Waals surface area contributed by atoms with Crippen LogP contribution >= 0.6 is 0 Å². The van der Waals surface area contributed by atoms with Crippen LogP contribution in [0.5, 0.6) is 0 Å². The molecule has 2 rings (SSSR count). The Morgan fingerprint density at radius 2 is 2.21 bits per heavy atom. The second kappa shape index (κ2) is 6.02. The Morgan fingerprint density at radius 3 is 2.84 bits per heavy atom. The third-order valence-corrected chi connectivity index (χ3v) is 4.15. The van der Waals surface area contributed by atoms with Crippen molar-refractivity contribution in [3.63, 3.8) is 0 Å². The fourth-order valence-corrected chi connectivity index (χ4v) is 2.65. The molecule has 1 saturated heterocycles. The van der Waals surface area contributed by atoms with E-state index in [4.69, 9.17) is 0 Å². The Balaban J connectivity index is 2.08. The maximum atomic E-state index is 4.22. The second-order valence-electron chi connectivity index (χ2n) is 6.80. The number of aromatic nitrogens is 1. The fourth-order valence-electron chi connectivity index (χ4n) is 2.65. The Labute approximate surface area is 117 Å². The van der Waals surface area contributed by atoms with Gasteiger partial charge < -0.3 is 5.32 Å². The van der Waals surface area contributed by atoms with Crippen LogP contribution in [0.25, 0.3) is 0 Å². The first-order valence-corrected chi connectivity index (χ1v) is 7.33. The number of nitrogens with one attached hydrogen (secondary N) is 1. The first kappa shape index (κ1) is 14.5. The van der Waals surface area contributed by atoms with Crippen LogP contribution < -0.4 is 5.32 Å². The molecule has 3 heteroatoms. The van der Waals surface area contributed by atoms with E-state index in [-0.39, 0.29) is 0 Å². The molecular formula is C16H27N3. The number of pyridine rings is 1. The number of hydrogen-bond donors (Lipinski definition) is 1. The van der Waals surface area contributed by atoms with Crippen LogP contribution in [-0.4, -0.2) is 35.1 Å². The Hall–Kier alpha value is -0.930. The van der Waals surface area contributed by atoms with Crippen molar-refractivity contribution in [2.24, 2.45) is 5.41 Å². The van der Waals surface area contributed by atoms with Crippen molar-refractivity contribution >= 4 is 0 Å². The largest absolute Gasteiger partial charge is 0.312 e. The topological polar surface area (TPSA) is 28.2 Å². The maximum absolute atomic E-state index is 4.22. The number of rotatable bonds is 2. The van der Waals surface area contributed by atoms with Gasteiger partial charge in [-0.1, -0.05) is 26.8 Å². The summed E-state index contributed by atoms with van der Waals surface area (Å²) in [7, 11) is 0. The molecule has 0 amide bonds. The Morgan fingerprint density at radius 1 is 1.42 bits per heavy atom. The molecular weight excluding hydrogens is 234 g/mol. The van der Waals surface area contributed by atoms with Gasteiger partial charge in [-0.25, -0.2) is 0 Å². The van der Waals surface area contributed by atoms with Crippen molar-refractivity contribution in [1.29, 1.82) is 0 Å². The summed E-state index contributed by atoms with van der Waals surface area (Å²) in [6, 6.07) is 5.37. The lowest BCUT2D eigenvalue weighted by molar-refractivity contribution is 0.157. The first-order valence-electron chi connectivity index (χ1n) is 7.33. The molecule has 1 aromatic rings. The van der Waals surface area contributed by atoms with Gasteiger partial charge in [-0.3, -0.25) is 9.88 Å². The summed E-state index contributed by atoms with van der Waals surface area (Å²) in [5, 5.41) is 3.71. The zero-order valence-electron chi connectivity index (χ0n) is 12.7. The van der Waals surface area contributed by atoms with Crippen molar-refractivity contribution in [2.75, 3.05) is 13.1 Å². The lowest BCUT2D eigenvalue weighted by atomic mass is 9.86. The fraction of sp³-hybridized carbons (Fsp3) is 0.688. The summed E-state index contributed by atoms with van der Waals surface area (Å²) in [6.07, 6.45) is 5.04. The highest BCUT2D eigenvalue weighted by atomic mass is 15.2. The van der Waals surface area contributed by atoms with E-state index in [1.807, 2.05) is 18.5 Å². The Bertz CT molecular complexity index is 383. The molecule has 2 heterocycles. The van der Waals surface area contributed by atoms with E-state index < -0.39 is 0 Å². The number of hydrogen-bond acceptors (Lipinski definition) is 3. The third-order valence-electron chi connectivity index (χ3n) is 4.15. The standard InChI is InChI=1S/C16H27N3/c1-13-7-9-18-15(16(2,3)4)12-19(13)11-14-6-5-8-17-10-14/h5-6,8,10,13,15,18H,7,9,11-12H2,1-4H3. The lowest BCUT2D eigenvalue weighted by Gasteiger charge is -2.35. The maximum Gasteiger partial charge on any atom is 0.0312 e. The summed E-state index contributed by atoms with van der Waals surface area (Å²) < 4.78 is 0. The van der Waals surface area contributed by atoms with Crippen molar-refractivity contribution in [1.82, 2.24) is 15.2 Å². The van der Waals surface area contributed by atoms with E-state index in [0.29, 0.717) is 17.5 Å². The van der Waals surface area contributed by atoms with Gasteiger partial charge in [-0.05, 0) is 36.9 Å². The molecule has 1 fully saturated rings. The predicted octanol–water partition coefficient (Wildman–Crippen LogP) is 2.68. The van der Waals surface area contributed by atoms with Crippen molar-refractivity contribution in [3.8, 4) is 0 Å². The van der Waals surface area contributed by atoms with Crippen LogP contribution in [0.15, 0.2) is 24.5 Å². The van der Waals surface area contributed by atoms with Crippen LogP contribution in [0.4, 0.5) is 0 Å². The van der Waals surface area contributed by atoms with Crippen molar-refractivity contribution in [2.45, 2.75) is 52.7 Å². The monoisotopic (exact) mass is 261 g/mol. The third kappa shape index (κ3) is 4.02. The SMILES string of the molecule is CC1CCNC(C(C)(C)C)CN1Cc1cccnc1. The molecule has 0 spiro atoms. The van der Waals surface area contributed by atoms with Gasteiger partial charge in [0.15, 0.2) is 0 Å². The molecule has 0 aromatic carbocycles. The smallest absolute Gasteiger partial charge is 0.0312 e. The number of nitrogens with zero attached hydrogens (tertiary/aromatic N) is 2. The van der Waals surface area contributed by atoms with Gasteiger partial charge in [0, 0.05) is 37.6 Å². The molecule has 1 aliphatic heterocycles. The summed E-state index contributed by atoms with van der Waals surface area (Å²) in [5.41, 5.74) is 1.61. The van der Waals surface area contributed by atoms with Gasteiger partial charge in [0.1, 0.15) is 0 Å². The molecule has 3 nitrogen and oxygen atoms in total. The van der Waals surface area contributed by atoms with Crippen LogP contribution in [-0.2, 0) is 6.54 Å². The predicted molar refractivity (Wildman–Crippen MR) is 80.0 cm³/mol. The summed E-state index contributed by atoms with van der Waals surface area (Å²) in [6.45, 7) is 12.5. The molecule has 0 radical (unpaired) electrons. The zero-order valence-corrected chi connectivity index (χ0v) is 12.7. The van der Waals surface area contributed by atoms with Gasteiger partial charge in [0.25, 0.3) is 0 Å². The molecule has 1 aromatic heterocycles. The van der Waals surface area contributed by atoms with Crippen LogP contribution in [0.3, 0.4) is 0 Å². The van der Waals surface area contributed by atoms with Gasteiger partial charge in [0.2, 0.25) is 0 Å². The summed E-state index contributed by atoms with van der Waals surface area (Å²) in [5.74, 6) is 0. The quantitative estimate of drug-likeness (QED) is 0.887. The van der Waals surface area contributed by atoms with E-state index in [1.54, 1.807) is 0 Å². The minimum Gasteiger partial charge on any atom is -0.312 e. The van der Waals surface area contributed by atoms with Gasteiger partial charge in [-0.15, -0.1) is 0 Å². The molecule has 19 heavy (non-hydrogen) atoms. The minimum absolute atomic E-state index is 0.303. The lowest BCUT2D eigenvalue weighted by Crippen LogP contribution is -2.47. The van der Waals surface area contributed by atoms with Crippen molar-refractivity contribution < 1.29 is 0 Å².